The fourth-order valence-corrected chi connectivity index (χ4v) is 1.50. The van der Waals surface area contributed by atoms with Crippen LogP contribution in [-0.2, 0) is 10.6 Å². The number of carbonyl (C=O) groups is 1. The predicted molar refractivity (Wildman–Crippen MR) is 58.6 cm³/mol. The molecule has 4 nitrogen and oxygen atoms in total. The SMILES string of the molecule is COC(=O)c1cc(OC)c(CCl)cc1C#N. The van der Waals surface area contributed by atoms with Gasteiger partial charge in [-0.15, -0.1) is 11.6 Å². The molecule has 0 N–H and O–H groups in total. The third kappa shape index (κ3) is 2.26. The molecule has 0 fully saturated rings. The second-order valence-electron chi connectivity index (χ2n) is 2.95. The first-order chi connectivity index (χ1) is 7.67. The maximum atomic E-state index is 11.4. The Labute approximate surface area is 98.3 Å². The molecule has 0 aliphatic rings. The zero-order chi connectivity index (χ0) is 12.1. The van der Waals surface area contributed by atoms with Crippen molar-refractivity contribution in [2.75, 3.05) is 14.2 Å². The van der Waals surface area contributed by atoms with Crippen LogP contribution < -0.4 is 4.74 Å². The average molecular weight is 240 g/mol. The second-order valence-corrected chi connectivity index (χ2v) is 3.21. The first kappa shape index (κ1) is 12.3. The van der Waals surface area contributed by atoms with Crippen molar-refractivity contribution in [2.24, 2.45) is 0 Å². The first-order valence-corrected chi connectivity index (χ1v) is 4.96. The van der Waals surface area contributed by atoms with E-state index in [-0.39, 0.29) is 17.0 Å². The highest BCUT2D eigenvalue weighted by Crippen LogP contribution is 2.25. The van der Waals surface area contributed by atoms with E-state index in [0.29, 0.717) is 11.3 Å². The number of esters is 1. The van der Waals surface area contributed by atoms with Crippen LogP contribution in [0.15, 0.2) is 12.1 Å². The molecule has 1 aromatic carbocycles. The summed E-state index contributed by atoms with van der Waals surface area (Å²) in [6, 6.07) is 4.91. The van der Waals surface area contributed by atoms with Crippen LogP contribution in [0.2, 0.25) is 0 Å². The molecule has 0 radical (unpaired) electrons. The number of methoxy groups -OCH3 is 2. The zero-order valence-electron chi connectivity index (χ0n) is 8.91. The summed E-state index contributed by atoms with van der Waals surface area (Å²) in [5, 5.41) is 8.90. The summed E-state index contributed by atoms with van der Waals surface area (Å²) in [5.41, 5.74) is 1.06. The molecule has 0 saturated heterocycles. The topological polar surface area (TPSA) is 59.3 Å². The van der Waals surface area contributed by atoms with Gasteiger partial charge in [0.25, 0.3) is 0 Å². The lowest BCUT2D eigenvalue weighted by molar-refractivity contribution is 0.0600. The smallest absolute Gasteiger partial charge is 0.339 e. The van der Waals surface area contributed by atoms with Crippen molar-refractivity contribution >= 4 is 17.6 Å². The van der Waals surface area contributed by atoms with E-state index in [0.717, 1.165) is 0 Å². The first-order valence-electron chi connectivity index (χ1n) is 4.43. The van der Waals surface area contributed by atoms with Crippen molar-refractivity contribution in [1.82, 2.24) is 0 Å². The summed E-state index contributed by atoms with van der Waals surface area (Å²) in [6.45, 7) is 0. The summed E-state index contributed by atoms with van der Waals surface area (Å²) in [5.74, 6) is 0.102. The van der Waals surface area contributed by atoms with E-state index in [9.17, 15) is 4.79 Å². The minimum atomic E-state index is -0.573. The van der Waals surface area contributed by atoms with E-state index >= 15 is 0 Å². The van der Waals surface area contributed by atoms with Crippen LogP contribution in [0.25, 0.3) is 0 Å². The van der Waals surface area contributed by atoms with E-state index in [2.05, 4.69) is 4.74 Å². The Morgan fingerprint density at radius 2 is 2.19 bits per heavy atom. The van der Waals surface area contributed by atoms with E-state index in [1.807, 2.05) is 6.07 Å². The molecule has 0 bridgehead atoms. The number of carbonyl (C=O) groups excluding carboxylic acids is 1. The number of halogens is 1. The predicted octanol–water partition coefficient (Wildman–Crippen LogP) is 2.09. The largest absolute Gasteiger partial charge is 0.496 e. The van der Waals surface area contributed by atoms with Gasteiger partial charge in [0.05, 0.1) is 31.2 Å². The molecule has 16 heavy (non-hydrogen) atoms. The van der Waals surface area contributed by atoms with E-state index in [1.54, 1.807) is 0 Å². The third-order valence-electron chi connectivity index (χ3n) is 2.09. The van der Waals surface area contributed by atoms with Crippen LogP contribution in [0.4, 0.5) is 0 Å². The Bertz CT molecular complexity index is 451. The van der Waals surface area contributed by atoms with Gasteiger partial charge in [0.1, 0.15) is 11.8 Å². The molecule has 0 aliphatic carbocycles. The van der Waals surface area contributed by atoms with Crippen molar-refractivity contribution in [3.63, 3.8) is 0 Å². The number of hydrogen-bond donors (Lipinski definition) is 0. The lowest BCUT2D eigenvalue weighted by Crippen LogP contribution is -2.06. The number of benzene rings is 1. The molecular weight excluding hydrogens is 230 g/mol. The Hall–Kier alpha value is -1.73. The van der Waals surface area contributed by atoms with Gasteiger partial charge in [0.2, 0.25) is 0 Å². The van der Waals surface area contributed by atoms with Crippen LogP contribution in [0, 0.1) is 11.3 Å². The molecule has 0 aliphatic heterocycles. The van der Waals surface area contributed by atoms with Gasteiger partial charge >= 0.3 is 5.97 Å². The van der Waals surface area contributed by atoms with Gasteiger partial charge < -0.3 is 9.47 Å². The molecule has 0 amide bonds. The van der Waals surface area contributed by atoms with Gasteiger partial charge in [-0.25, -0.2) is 4.79 Å². The Morgan fingerprint density at radius 1 is 1.50 bits per heavy atom. The Balaban J connectivity index is 3.39. The van der Waals surface area contributed by atoms with Crippen molar-refractivity contribution in [3.05, 3.63) is 28.8 Å². The lowest BCUT2D eigenvalue weighted by atomic mass is 10.0. The molecular formula is C11H10ClNO3. The number of rotatable bonds is 3. The molecule has 0 spiro atoms. The van der Waals surface area contributed by atoms with Crippen LogP contribution in [0.1, 0.15) is 21.5 Å². The molecule has 0 unspecified atom stereocenters. The number of alkyl halides is 1. The fraction of sp³-hybridized carbons (Fsp3) is 0.273. The van der Waals surface area contributed by atoms with Crippen LogP contribution in [0.3, 0.4) is 0 Å². The summed E-state index contributed by atoms with van der Waals surface area (Å²) in [4.78, 5) is 11.4. The monoisotopic (exact) mass is 239 g/mol. The summed E-state index contributed by atoms with van der Waals surface area (Å²) in [6.07, 6.45) is 0. The Morgan fingerprint density at radius 3 is 2.62 bits per heavy atom. The number of ether oxygens (including phenoxy) is 2. The van der Waals surface area contributed by atoms with Gasteiger partial charge in [-0.1, -0.05) is 0 Å². The highest BCUT2D eigenvalue weighted by molar-refractivity contribution is 6.17. The third-order valence-corrected chi connectivity index (χ3v) is 2.38. The maximum Gasteiger partial charge on any atom is 0.339 e. The molecule has 0 aromatic heterocycles. The average Bonchev–Trinajstić information content (AvgIpc) is 2.35. The Kier molecular flexibility index (Phi) is 4.15. The molecule has 0 heterocycles. The summed E-state index contributed by atoms with van der Waals surface area (Å²) in [7, 11) is 2.73. The van der Waals surface area contributed by atoms with E-state index in [4.69, 9.17) is 21.6 Å². The second kappa shape index (κ2) is 5.38. The van der Waals surface area contributed by atoms with Gasteiger partial charge in [-0.3, -0.25) is 0 Å². The lowest BCUT2D eigenvalue weighted by Gasteiger charge is -2.09. The summed E-state index contributed by atoms with van der Waals surface area (Å²) < 4.78 is 9.64. The van der Waals surface area contributed by atoms with Crippen molar-refractivity contribution in [3.8, 4) is 11.8 Å². The number of hydrogen-bond acceptors (Lipinski definition) is 4. The number of nitriles is 1. The highest BCUT2D eigenvalue weighted by Gasteiger charge is 2.16. The highest BCUT2D eigenvalue weighted by atomic mass is 35.5. The minimum absolute atomic E-state index is 0.177. The maximum absolute atomic E-state index is 11.4. The van der Waals surface area contributed by atoms with Crippen molar-refractivity contribution < 1.29 is 14.3 Å². The van der Waals surface area contributed by atoms with E-state index < -0.39 is 5.97 Å². The van der Waals surface area contributed by atoms with Gasteiger partial charge in [-0.2, -0.15) is 5.26 Å². The van der Waals surface area contributed by atoms with Crippen LogP contribution >= 0.6 is 11.6 Å². The standard InChI is InChI=1S/C11H10ClNO3/c1-15-10-4-9(11(14)16-2)8(6-13)3-7(10)5-12/h3-4H,5H2,1-2H3. The van der Waals surface area contributed by atoms with Gasteiger partial charge in [0, 0.05) is 5.56 Å². The van der Waals surface area contributed by atoms with Crippen molar-refractivity contribution in [1.29, 1.82) is 5.26 Å². The quantitative estimate of drug-likeness (QED) is 0.599. The molecule has 1 rings (SSSR count). The van der Waals surface area contributed by atoms with E-state index in [1.165, 1.54) is 26.4 Å². The molecule has 0 atom stereocenters. The molecule has 5 heteroatoms. The van der Waals surface area contributed by atoms with Crippen LogP contribution in [-0.4, -0.2) is 20.2 Å². The fourth-order valence-electron chi connectivity index (χ4n) is 1.29. The zero-order valence-corrected chi connectivity index (χ0v) is 9.67. The van der Waals surface area contributed by atoms with Gasteiger partial charge in [-0.05, 0) is 12.1 Å². The normalized spacial score (nSPS) is 9.38. The summed E-state index contributed by atoms with van der Waals surface area (Å²) >= 11 is 5.70. The molecule has 1 aromatic rings. The van der Waals surface area contributed by atoms with Crippen molar-refractivity contribution in [2.45, 2.75) is 5.88 Å². The molecule has 84 valence electrons. The molecule has 0 saturated carbocycles. The van der Waals surface area contributed by atoms with Crippen LogP contribution in [0.5, 0.6) is 5.75 Å². The number of nitrogens with zero attached hydrogens (tertiary/aromatic N) is 1. The van der Waals surface area contributed by atoms with Gasteiger partial charge in [0.15, 0.2) is 0 Å². The minimum Gasteiger partial charge on any atom is -0.496 e.